The monoisotopic (exact) mass is 319 g/mol. The zero-order chi connectivity index (χ0) is 15.8. The fourth-order valence-corrected chi connectivity index (χ4v) is 2.11. The molecule has 1 amide bonds. The van der Waals surface area contributed by atoms with Crippen LogP contribution in [0.4, 0.5) is 5.69 Å². The molecule has 2 aromatic carbocycles. The Bertz CT molecular complexity index is 614. The van der Waals surface area contributed by atoms with Crippen LogP contribution in [0.3, 0.4) is 0 Å². The Hall–Kier alpha value is -2.04. The maximum Gasteiger partial charge on any atom is 0.227 e. The molecule has 22 heavy (non-hydrogen) atoms. The number of para-hydroxylation sites is 1. The smallest absolute Gasteiger partial charge is 0.227 e. The topological polar surface area (TPSA) is 58.6 Å². The zero-order valence-corrected chi connectivity index (χ0v) is 12.8. The summed E-state index contributed by atoms with van der Waals surface area (Å²) in [7, 11) is 0. The van der Waals surface area contributed by atoms with Gasteiger partial charge in [0.2, 0.25) is 5.91 Å². The molecule has 0 bridgehead atoms. The molecule has 4 nitrogen and oxygen atoms in total. The lowest BCUT2D eigenvalue weighted by atomic mass is 10.1. The highest BCUT2D eigenvalue weighted by atomic mass is 35.5. The Morgan fingerprint density at radius 1 is 1.14 bits per heavy atom. The molecule has 2 rings (SSSR count). The summed E-state index contributed by atoms with van der Waals surface area (Å²) in [5.74, 6) is 0.451. The van der Waals surface area contributed by atoms with Gasteiger partial charge in [-0.05, 0) is 36.2 Å². The average molecular weight is 320 g/mol. The summed E-state index contributed by atoms with van der Waals surface area (Å²) < 4.78 is 5.48. The number of aliphatic hydroxyl groups excluding tert-OH is 1. The van der Waals surface area contributed by atoms with Crippen LogP contribution in [-0.2, 0) is 11.2 Å². The number of carbonyl (C=O) groups excluding carboxylic acids is 1. The van der Waals surface area contributed by atoms with E-state index in [2.05, 4.69) is 5.32 Å². The van der Waals surface area contributed by atoms with Gasteiger partial charge >= 0.3 is 0 Å². The van der Waals surface area contributed by atoms with Gasteiger partial charge in [-0.3, -0.25) is 4.79 Å². The van der Waals surface area contributed by atoms with E-state index in [4.69, 9.17) is 21.4 Å². The standard InChI is InChI=1S/C17H18ClNO3/c18-15-3-1-2-4-16(15)22-12-10-17(21)19-14-7-5-13(6-8-14)9-11-20/h1-8,20H,9-12H2,(H,19,21). The quantitative estimate of drug-likeness (QED) is 0.823. The first-order valence-electron chi connectivity index (χ1n) is 7.06. The van der Waals surface area contributed by atoms with Gasteiger partial charge in [-0.25, -0.2) is 0 Å². The van der Waals surface area contributed by atoms with Crippen LogP contribution in [0.2, 0.25) is 5.02 Å². The van der Waals surface area contributed by atoms with Crippen LogP contribution in [0.5, 0.6) is 5.75 Å². The molecular weight excluding hydrogens is 302 g/mol. The number of ether oxygens (including phenoxy) is 1. The lowest BCUT2D eigenvalue weighted by Crippen LogP contribution is -2.15. The van der Waals surface area contributed by atoms with Crippen molar-refractivity contribution in [3.05, 3.63) is 59.1 Å². The van der Waals surface area contributed by atoms with Gasteiger partial charge in [0, 0.05) is 12.3 Å². The van der Waals surface area contributed by atoms with Crippen molar-refractivity contribution in [2.24, 2.45) is 0 Å². The second-order valence-electron chi connectivity index (χ2n) is 4.75. The van der Waals surface area contributed by atoms with Gasteiger partial charge < -0.3 is 15.2 Å². The molecule has 0 saturated carbocycles. The lowest BCUT2D eigenvalue weighted by molar-refractivity contribution is -0.116. The van der Waals surface area contributed by atoms with Gasteiger partial charge in [0.25, 0.3) is 0 Å². The molecule has 0 saturated heterocycles. The van der Waals surface area contributed by atoms with Crippen molar-refractivity contribution in [1.29, 1.82) is 0 Å². The third-order valence-electron chi connectivity index (χ3n) is 3.06. The summed E-state index contributed by atoms with van der Waals surface area (Å²) in [6.45, 7) is 0.378. The predicted molar refractivity (Wildman–Crippen MR) is 87.4 cm³/mol. The molecule has 0 aliphatic rings. The maximum absolute atomic E-state index is 11.8. The van der Waals surface area contributed by atoms with Crippen LogP contribution in [-0.4, -0.2) is 24.2 Å². The first-order chi connectivity index (χ1) is 10.7. The molecule has 0 unspecified atom stereocenters. The second kappa shape index (κ2) is 8.41. The molecule has 0 atom stereocenters. The van der Waals surface area contributed by atoms with Gasteiger partial charge in [0.05, 0.1) is 18.1 Å². The summed E-state index contributed by atoms with van der Waals surface area (Å²) in [6, 6.07) is 14.6. The molecule has 0 aromatic heterocycles. The number of hydrogen-bond donors (Lipinski definition) is 2. The molecule has 0 spiro atoms. The zero-order valence-electron chi connectivity index (χ0n) is 12.1. The van der Waals surface area contributed by atoms with Crippen LogP contribution in [0.25, 0.3) is 0 Å². The summed E-state index contributed by atoms with van der Waals surface area (Å²) in [6.07, 6.45) is 0.851. The van der Waals surface area contributed by atoms with E-state index in [1.165, 1.54) is 0 Å². The lowest BCUT2D eigenvalue weighted by Gasteiger charge is -2.09. The third-order valence-corrected chi connectivity index (χ3v) is 3.37. The third kappa shape index (κ3) is 5.06. The van der Waals surface area contributed by atoms with E-state index in [-0.39, 0.29) is 25.5 Å². The number of rotatable bonds is 7. The molecular formula is C17H18ClNO3. The van der Waals surface area contributed by atoms with E-state index in [9.17, 15) is 4.79 Å². The van der Waals surface area contributed by atoms with Crippen LogP contribution in [0.15, 0.2) is 48.5 Å². The van der Waals surface area contributed by atoms with Gasteiger partial charge in [0.15, 0.2) is 0 Å². The number of nitrogens with one attached hydrogen (secondary N) is 1. The van der Waals surface area contributed by atoms with Gasteiger partial charge in [-0.1, -0.05) is 35.9 Å². The minimum Gasteiger partial charge on any atom is -0.491 e. The highest BCUT2D eigenvalue weighted by Crippen LogP contribution is 2.23. The Balaban J connectivity index is 1.77. The van der Waals surface area contributed by atoms with E-state index in [0.717, 1.165) is 11.3 Å². The number of carbonyl (C=O) groups is 1. The van der Waals surface area contributed by atoms with E-state index in [1.807, 2.05) is 36.4 Å². The molecule has 0 radical (unpaired) electrons. The molecule has 116 valence electrons. The van der Waals surface area contributed by atoms with E-state index in [1.54, 1.807) is 12.1 Å². The van der Waals surface area contributed by atoms with Crippen molar-refractivity contribution in [2.75, 3.05) is 18.5 Å². The predicted octanol–water partition coefficient (Wildman–Crippen LogP) is 3.28. The second-order valence-corrected chi connectivity index (χ2v) is 5.15. The number of benzene rings is 2. The highest BCUT2D eigenvalue weighted by Gasteiger charge is 2.05. The number of amides is 1. The SMILES string of the molecule is O=C(CCOc1ccccc1Cl)Nc1ccc(CCO)cc1. The molecule has 0 aliphatic carbocycles. The van der Waals surface area contributed by atoms with Gasteiger partial charge in [0.1, 0.15) is 5.75 Å². The van der Waals surface area contributed by atoms with Crippen molar-refractivity contribution in [2.45, 2.75) is 12.8 Å². The number of aliphatic hydroxyl groups is 1. The highest BCUT2D eigenvalue weighted by molar-refractivity contribution is 6.32. The first kappa shape index (κ1) is 16.3. The molecule has 0 fully saturated rings. The Kier molecular flexibility index (Phi) is 6.25. The number of anilines is 1. The Labute approximate surface area is 134 Å². The minimum absolute atomic E-state index is 0.116. The minimum atomic E-state index is -0.123. The summed E-state index contributed by atoms with van der Waals surface area (Å²) in [5.41, 5.74) is 1.76. The fraction of sp³-hybridized carbons (Fsp3) is 0.235. The van der Waals surface area contributed by atoms with Crippen molar-refractivity contribution >= 4 is 23.2 Å². The average Bonchev–Trinajstić information content (AvgIpc) is 2.51. The van der Waals surface area contributed by atoms with Crippen molar-refractivity contribution in [3.8, 4) is 5.75 Å². The van der Waals surface area contributed by atoms with Crippen molar-refractivity contribution in [1.82, 2.24) is 0 Å². The Morgan fingerprint density at radius 2 is 1.86 bits per heavy atom. The largest absolute Gasteiger partial charge is 0.491 e. The maximum atomic E-state index is 11.8. The van der Waals surface area contributed by atoms with E-state index < -0.39 is 0 Å². The summed E-state index contributed by atoms with van der Waals surface area (Å²) in [4.78, 5) is 11.8. The summed E-state index contributed by atoms with van der Waals surface area (Å²) in [5, 5.41) is 12.2. The number of hydrogen-bond acceptors (Lipinski definition) is 3. The fourth-order valence-electron chi connectivity index (χ4n) is 1.92. The van der Waals surface area contributed by atoms with Crippen molar-refractivity contribution < 1.29 is 14.6 Å². The summed E-state index contributed by atoms with van der Waals surface area (Å²) >= 11 is 5.97. The molecule has 2 N–H and O–H groups in total. The molecule has 0 heterocycles. The Morgan fingerprint density at radius 3 is 2.55 bits per heavy atom. The van der Waals surface area contributed by atoms with E-state index >= 15 is 0 Å². The molecule has 5 heteroatoms. The molecule has 0 aliphatic heterocycles. The first-order valence-corrected chi connectivity index (χ1v) is 7.44. The normalized spacial score (nSPS) is 10.3. The van der Waals surface area contributed by atoms with Crippen LogP contribution in [0, 0.1) is 0 Å². The van der Waals surface area contributed by atoms with E-state index in [0.29, 0.717) is 17.2 Å². The molecule has 2 aromatic rings. The van der Waals surface area contributed by atoms with Crippen LogP contribution < -0.4 is 10.1 Å². The van der Waals surface area contributed by atoms with Gasteiger partial charge in [-0.15, -0.1) is 0 Å². The number of halogens is 1. The van der Waals surface area contributed by atoms with Crippen LogP contribution in [0.1, 0.15) is 12.0 Å². The van der Waals surface area contributed by atoms with Gasteiger partial charge in [-0.2, -0.15) is 0 Å². The van der Waals surface area contributed by atoms with Crippen LogP contribution >= 0.6 is 11.6 Å². The van der Waals surface area contributed by atoms with Crippen molar-refractivity contribution in [3.63, 3.8) is 0 Å².